The van der Waals surface area contributed by atoms with Crippen LogP contribution in [0, 0.1) is 6.92 Å². The van der Waals surface area contributed by atoms with Gasteiger partial charge < -0.3 is 4.42 Å². The Labute approximate surface area is 195 Å². The van der Waals surface area contributed by atoms with Crippen molar-refractivity contribution in [2.75, 3.05) is 4.90 Å². The van der Waals surface area contributed by atoms with Gasteiger partial charge >= 0.3 is 6.03 Å². The number of hydrogen-bond donors (Lipinski definition) is 1. The summed E-state index contributed by atoms with van der Waals surface area (Å²) in [7, 11) is 0. The molecule has 4 rings (SSSR count). The van der Waals surface area contributed by atoms with Crippen molar-refractivity contribution in [3.05, 3.63) is 79.9 Å². The predicted molar refractivity (Wildman–Crippen MR) is 122 cm³/mol. The van der Waals surface area contributed by atoms with Gasteiger partial charge in [0.1, 0.15) is 17.1 Å². The molecule has 1 N–H and O–H groups in total. The summed E-state index contributed by atoms with van der Waals surface area (Å²) >= 11 is 15.7. The summed E-state index contributed by atoms with van der Waals surface area (Å²) in [6.45, 7) is 1.97. The number of benzene rings is 2. The maximum atomic E-state index is 13.0. The van der Waals surface area contributed by atoms with Crippen LogP contribution in [0.3, 0.4) is 0 Å². The van der Waals surface area contributed by atoms with Crippen LogP contribution in [0.4, 0.5) is 10.5 Å². The summed E-state index contributed by atoms with van der Waals surface area (Å²) in [5.74, 6) is -0.855. The third kappa shape index (κ3) is 4.04. The van der Waals surface area contributed by atoms with E-state index in [1.54, 1.807) is 18.2 Å². The monoisotopic (exact) mass is 518 g/mol. The van der Waals surface area contributed by atoms with Crippen LogP contribution in [0.1, 0.15) is 11.3 Å². The molecular weight excluding hydrogens is 507 g/mol. The Hall–Kier alpha value is -2.87. The van der Waals surface area contributed by atoms with E-state index in [1.807, 2.05) is 25.1 Å². The Morgan fingerprint density at radius 1 is 1.06 bits per heavy atom. The lowest BCUT2D eigenvalue weighted by Gasteiger charge is -2.27. The van der Waals surface area contributed by atoms with Crippen molar-refractivity contribution in [1.29, 1.82) is 0 Å². The first kappa shape index (κ1) is 21.4. The average molecular weight is 520 g/mol. The third-order valence-corrected chi connectivity index (χ3v) is 6.04. The molecule has 0 saturated carbocycles. The van der Waals surface area contributed by atoms with Gasteiger partial charge in [-0.3, -0.25) is 14.9 Å². The second-order valence-electron chi connectivity index (χ2n) is 6.72. The number of aryl methyl sites for hydroxylation is 1. The number of imide groups is 2. The Morgan fingerprint density at radius 2 is 1.84 bits per heavy atom. The fourth-order valence-electron chi connectivity index (χ4n) is 3.08. The molecule has 0 atom stereocenters. The minimum absolute atomic E-state index is 0.0193. The second-order valence-corrected chi connectivity index (χ2v) is 8.36. The third-order valence-electron chi connectivity index (χ3n) is 4.58. The van der Waals surface area contributed by atoms with Crippen LogP contribution < -0.4 is 10.2 Å². The van der Waals surface area contributed by atoms with Crippen molar-refractivity contribution in [3.8, 4) is 11.3 Å². The van der Waals surface area contributed by atoms with E-state index in [9.17, 15) is 14.4 Å². The first-order valence-electron chi connectivity index (χ1n) is 8.98. The zero-order valence-electron chi connectivity index (χ0n) is 15.9. The molecule has 1 fully saturated rings. The Kier molecular flexibility index (Phi) is 5.75. The van der Waals surface area contributed by atoms with E-state index in [0.29, 0.717) is 5.76 Å². The van der Waals surface area contributed by atoms with Crippen molar-refractivity contribution >= 4 is 68.7 Å². The van der Waals surface area contributed by atoms with Gasteiger partial charge in [0.15, 0.2) is 0 Å². The standard InChI is InChI=1S/C22H13BrCl2N2O4/c1-11-5-7-13(15(23)9-11)18-8-6-12(31-18)10-14-20(28)26-22(30)27(21(14)29)17-4-2-3-16(24)19(17)25/h2-10H,1H3,(H,26,28,30)/b14-10-. The molecule has 0 aliphatic carbocycles. The molecule has 1 aliphatic rings. The van der Waals surface area contributed by atoms with Crippen LogP contribution in [-0.4, -0.2) is 17.8 Å². The van der Waals surface area contributed by atoms with Crippen molar-refractivity contribution in [2.45, 2.75) is 6.92 Å². The summed E-state index contributed by atoms with van der Waals surface area (Å²) < 4.78 is 6.66. The van der Waals surface area contributed by atoms with Gasteiger partial charge in [0, 0.05) is 10.0 Å². The first-order valence-corrected chi connectivity index (χ1v) is 10.5. The normalized spacial score (nSPS) is 15.5. The van der Waals surface area contributed by atoms with Crippen LogP contribution in [-0.2, 0) is 9.59 Å². The van der Waals surface area contributed by atoms with Crippen LogP contribution in [0.2, 0.25) is 10.0 Å². The number of halogens is 3. The van der Waals surface area contributed by atoms with Gasteiger partial charge in [0.25, 0.3) is 11.8 Å². The topological polar surface area (TPSA) is 79.6 Å². The lowest BCUT2D eigenvalue weighted by atomic mass is 10.1. The van der Waals surface area contributed by atoms with E-state index < -0.39 is 17.8 Å². The van der Waals surface area contributed by atoms with E-state index >= 15 is 0 Å². The molecule has 9 heteroatoms. The highest BCUT2D eigenvalue weighted by atomic mass is 79.9. The van der Waals surface area contributed by atoms with Crippen molar-refractivity contribution in [3.63, 3.8) is 0 Å². The first-order chi connectivity index (χ1) is 14.8. The minimum Gasteiger partial charge on any atom is -0.457 e. The highest BCUT2D eigenvalue weighted by Gasteiger charge is 2.38. The number of amides is 4. The molecule has 2 heterocycles. The summed E-state index contributed by atoms with van der Waals surface area (Å²) in [4.78, 5) is 38.5. The molecule has 31 heavy (non-hydrogen) atoms. The number of furan rings is 1. The van der Waals surface area contributed by atoms with Crippen LogP contribution >= 0.6 is 39.1 Å². The molecule has 0 bridgehead atoms. The molecule has 1 aliphatic heterocycles. The molecule has 156 valence electrons. The number of carbonyl (C=O) groups is 3. The largest absolute Gasteiger partial charge is 0.457 e. The van der Waals surface area contributed by atoms with Crippen LogP contribution in [0.5, 0.6) is 0 Å². The van der Waals surface area contributed by atoms with Gasteiger partial charge in [-0.15, -0.1) is 0 Å². The summed E-state index contributed by atoms with van der Waals surface area (Å²) in [6.07, 6.45) is 1.28. The molecular formula is C22H13BrCl2N2O4. The zero-order chi connectivity index (χ0) is 22.3. The lowest BCUT2D eigenvalue weighted by molar-refractivity contribution is -0.122. The molecule has 4 amide bonds. The predicted octanol–water partition coefficient (Wildman–Crippen LogP) is 5.99. The second kappa shape index (κ2) is 8.34. The van der Waals surface area contributed by atoms with Gasteiger partial charge in [0.05, 0.1) is 15.7 Å². The Morgan fingerprint density at radius 3 is 2.58 bits per heavy atom. The number of barbiturate groups is 1. The molecule has 0 radical (unpaired) electrons. The van der Waals surface area contributed by atoms with Crippen LogP contribution in [0.25, 0.3) is 17.4 Å². The fraction of sp³-hybridized carbons (Fsp3) is 0.0455. The number of hydrogen-bond acceptors (Lipinski definition) is 4. The van der Waals surface area contributed by atoms with Gasteiger partial charge in [-0.1, -0.05) is 51.3 Å². The van der Waals surface area contributed by atoms with E-state index in [-0.39, 0.29) is 27.1 Å². The van der Waals surface area contributed by atoms with Gasteiger partial charge in [0.2, 0.25) is 0 Å². The van der Waals surface area contributed by atoms with E-state index in [2.05, 4.69) is 21.2 Å². The molecule has 0 spiro atoms. The summed E-state index contributed by atoms with van der Waals surface area (Å²) in [6, 6.07) is 12.8. The molecule has 6 nitrogen and oxygen atoms in total. The van der Waals surface area contributed by atoms with E-state index in [1.165, 1.54) is 18.2 Å². The number of rotatable bonds is 3. The van der Waals surface area contributed by atoms with Crippen molar-refractivity contribution in [1.82, 2.24) is 5.32 Å². The quantitative estimate of drug-likeness (QED) is 0.340. The van der Waals surface area contributed by atoms with E-state index in [0.717, 1.165) is 20.5 Å². The molecule has 1 aromatic heterocycles. The Bertz CT molecular complexity index is 1280. The molecule has 3 aromatic rings. The fourth-order valence-corrected chi connectivity index (χ4v) is 4.15. The number of urea groups is 1. The molecule has 1 saturated heterocycles. The number of carbonyl (C=O) groups excluding carboxylic acids is 3. The molecule has 2 aromatic carbocycles. The maximum Gasteiger partial charge on any atom is 0.336 e. The summed E-state index contributed by atoms with van der Waals surface area (Å²) in [5.41, 5.74) is 1.69. The van der Waals surface area contributed by atoms with Crippen LogP contribution in [0.15, 0.2) is 63.0 Å². The number of anilines is 1. The van der Waals surface area contributed by atoms with Crippen molar-refractivity contribution in [2.24, 2.45) is 0 Å². The average Bonchev–Trinajstić information content (AvgIpc) is 3.16. The van der Waals surface area contributed by atoms with Gasteiger partial charge in [-0.05, 0) is 55.0 Å². The van der Waals surface area contributed by atoms with Gasteiger partial charge in [-0.2, -0.15) is 0 Å². The maximum absolute atomic E-state index is 13.0. The molecule has 0 unspecified atom stereocenters. The minimum atomic E-state index is -0.917. The van der Waals surface area contributed by atoms with Crippen molar-refractivity contribution < 1.29 is 18.8 Å². The SMILES string of the molecule is Cc1ccc(-c2ccc(/C=C3/C(=O)NC(=O)N(c4cccc(Cl)c4Cl)C3=O)o2)c(Br)c1. The summed E-state index contributed by atoms with van der Waals surface area (Å²) in [5, 5.41) is 2.32. The Balaban J connectivity index is 1.71. The van der Waals surface area contributed by atoms with Gasteiger partial charge in [-0.25, -0.2) is 9.69 Å². The van der Waals surface area contributed by atoms with E-state index in [4.69, 9.17) is 27.6 Å². The number of nitrogens with zero attached hydrogens (tertiary/aromatic N) is 1. The zero-order valence-corrected chi connectivity index (χ0v) is 19.0. The number of nitrogens with one attached hydrogen (secondary N) is 1. The highest BCUT2D eigenvalue weighted by Crippen LogP contribution is 2.35. The lowest BCUT2D eigenvalue weighted by Crippen LogP contribution is -2.54. The smallest absolute Gasteiger partial charge is 0.336 e. The highest BCUT2D eigenvalue weighted by molar-refractivity contribution is 9.10.